The van der Waals surface area contributed by atoms with Crippen LogP contribution in [-0.4, -0.2) is 26.9 Å². The van der Waals surface area contributed by atoms with E-state index in [4.69, 9.17) is 27.9 Å². The molecule has 0 spiro atoms. The van der Waals surface area contributed by atoms with Crippen molar-refractivity contribution in [2.75, 3.05) is 16.6 Å². The molecule has 3 aromatic carbocycles. The van der Waals surface area contributed by atoms with Gasteiger partial charge in [-0.2, -0.15) is 0 Å². The summed E-state index contributed by atoms with van der Waals surface area (Å²) in [7, 11) is -4.08. The van der Waals surface area contributed by atoms with Gasteiger partial charge in [0.15, 0.2) is 0 Å². The van der Waals surface area contributed by atoms with Gasteiger partial charge in [-0.1, -0.05) is 35.3 Å². The molecule has 0 radical (unpaired) electrons. The van der Waals surface area contributed by atoms with E-state index in [2.05, 4.69) is 10.0 Å². The molecule has 3 rings (SSSR count). The van der Waals surface area contributed by atoms with E-state index in [1.165, 1.54) is 36.4 Å². The molecule has 0 aromatic heterocycles. The van der Waals surface area contributed by atoms with Crippen molar-refractivity contribution in [1.82, 2.24) is 0 Å². The third-order valence-electron chi connectivity index (χ3n) is 4.85. The van der Waals surface area contributed by atoms with E-state index in [0.29, 0.717) is 5.69 Å². The summed E-state index contributed by atoms with van der Waals surface area (Å²) in [5.74, 6) is -1.14. The second-order valence-corrected chi connectivity index (χ2v) is 9.90. The second kappa shape index (κ2) is 10.5. The van der Waals surface area contributed by atoms with E-state index in [0.717, 1.165) is 11.1 Å². The Labute approximate surface area is 208 Å². The highest BCUT2D eigenvalue weighted by Crippen LogP contribution is 2.28. The molecule has 0 aliphatic heterocycles. The Hall–Kier alpha value is -3.07. The van der Waals surface area contributed by atoms with Gasteiger partial charge >= 0.3 is 5.97 Å². The standard InChI is InChI=1S/C24H22Cl2N2O5S/c1-4-33-24(30)17-8-10-20(19(26)12-17)27-23(29)16-7-9-18(25)22(13-16)34(31,32)28-21-11-14(2)5-6-15(21)3/h5-13,28H,4H2,1-3H3,(H,27,29). The van der Waals surface area contributed by atoms with Crippen LogP contribution in [0.15, 0.2) is 59.5 Å². The Balaban J connectivity index is 1.86. The molecule has 2 N–H and O–H groups in total. The molecule has 0 unspecified atom stereocenters. The zero-order chi connectivity index (χ0) is 25.0. The highest BCUT2D eigenvalue weighted by Gasteiger charge is 2.22. The SMILES string of the molecule is CCOC(=O)c1ccc(NC(=O)c2ccc(Cl)c(S(=O)(=O)Nc3cc(C)ccc3C)c2)c(Cl)c1. The maximum absolute atomic E-state index is 13.0. The van der Waals surface area contributed by atoms with Gasteiger partial charge in [-0.3, -0.25) is 9.52 Å². The van der Waals surface area contributed by atoms with Gasteiger partial charge in [0.05, 0.1) is 33.6 Å². The van der Waals surface area contributed by atoms with Crippen molar-refractivity contribution in [2.45, 2.75) is 25.7 Å². The first-order valence-corrected chi connectivity index (χ1v) is 12.4. The molecule has 0 aliphatic rings. The molecule has 0 aliphatic carbocycles. The lowest BCUT2D eigenvalue weighted by Gasteiger charge is -2.14. The Bertz CT molecular complexity index is 1370. The third-order valence-corrected chi connectivity index (χ3v) is 7.01. The molecule has 1 amide bonds. The number of carbonyl (C=O) groups excluding carboxylic acids is 2. The molecule has 0 saturated carbocycles. The monoisotopic (exact) mass is 520 g/mol. The van der Waals surface area contributed by atoms with Gasteiger partial charge in [-0.05, 0) is 74.4 Å². The van der Waals surface area contributed by atoms with Crippen LogP contribution >= 0.6 is 23.2 Å². The summed E-state index contributed by atoms with van der Waals surface area (Å²) in [6, 6.07) is 13.6. The van der Waals surface area contributed by atoms with Crippen LogP contribution in [0, 0.1) is 13.8 Å². The Morgan fingerprint density at radius 1 is 0.882 bits per heavy atom. The zero-order valence-electron chi connectivity index (χ0n) is 18.6. The van der Waals surface area contributed by atoms with Crippen LogP contribution in [0.4, 0.5) is 11.4 Å². The summed E-state index contributed by atoms with van der Waals surface area (Å²) < 4.78 is 33.5. The van der Waals surface area contributed by atoms with Gasteiger partial charge < -0.3 is 10.1 Å². The molecule has 0 saturated heterocycles. The van der Waals surface area contributed by atoms with Crippen LogP contribution in [0.25, 0.3) is 0 Å². The zero-order valence-corrected chi connectivity index (χ0v) is 20.9. The maximum Gasteiger partial charge on any atom is 0.338 e. The normalized spacial score (nSPS) is 11.1. The number of amides is 1. The van der Waals surface area contributed by atoms with E-state index >= 15 is 0 Å². The van der Waals surface area contributed by atoms with Crippen LogP contribution in [0.2, 0.25) is 10.0 Å². The van der Waals surface area contributed by atoms with Crippen molar-refractivity contribution in [3.05, 3.63) is 86.9 Å². The van der Waals surface area contributed by atoms with E-state index in [9.17, 15) is 18.0 Å². The largest absolute Gasteiger partial charge is 0.462 e. The Morgan fingerprint density at radius 3 is 2.26 bits per heavy atom. The van der Waals surface area contributed by atoms with E-state index < -0.39 is 21.9 Å². The predicted molar refractivity (Wildman–Crippen MR) is 134 cm³/mol. The van der Waals surface area contributed by atoms with Gasteiger partial charge in [0.25, 0.3) is 15.9 Å². The highest BCUT2D eigenvalue weighted by molar-refractivity contribution is 7.92. The van der Waals surface area contributed by atoms with Crippen molar-refractivity contribution in [2.24, 2.45) is 0 Å². The minimum absolute atomic E-state index is 0.0359. The highest BCUT2D eigenvalue weighted by atomic mass is 35.5. The molecule has 3 aromatic rings. The first-order chi connectivity index (χ1) is 16.0. The minimum Gasteiger partial charge on any atom is -0.462 e. The van der Waals surface area contributed by atoms with Gasteiger partial charge in [0, 0.05) is 5.56 Å². The van der Waals surface area contributed by atoms with E-state index in [-0.39, 0.29) is 38.4 Å². The fraction of sp³-hybridized carbons (Fsp3) is 0.167. The third kappa shape index (κ3) is 5.88. The van der Waals surface area contributed by atoms with Crippen molar-refractivity contribution < 1.29 is 22.7 Å². The van der Waals surface area contributed by atoms with E-state index in [1.54, 1.807) is 26.0 Å². The van der Waals surface area contributed by atoms with Crippen molar-refractivity contribution in [1.29, 1.82) is 0 Å². The van der Waals surface area contributed by atoms with Crippen molar-refractivity contribution >= 4 is 56.5 Å². The van der Waals surface area contributed by atoms with Crippen LogP contribution < -0.4 is 10.0 Å². The summed E-state index contributed by atoms with van der Waals surface area (Å²) >= 11 is 12.4. The lowest BCUT2D eigenvalue weighted by atomic mass is 10.1. The van der Waals surface area contributed by atoms with Crippen LogP contribution in [0.5, 0.6) is 0 Å². The first kappa shape index (κ1) is 25.6. The number of halogens is 2. The summed E-state index contributed by atoms with van der Waals surface area (Å²) in [5.41, 5.74) is 2.57. The molecule has 34 heavy (non-hydrogen) atoms. The van der Waals surface area contributed by atoms with Gasteiger partial charge in [-0.25, -0.2) is 13.2 Å². The number of ether oxygens (including phenoxy) is 1. The number of benzene rings is 3. The topological polar surface area (TPSA) is 102 Å². The number of esters is 1. The average molecular weight is 521 g/mol. The lowest BCUT2D eigenvalue weighted by molar-refractivity contribution is 0.0526. The number of anilines is 2. The number of nitrogens with one attached hydrogen (secondary N) is 2. The summed E-state index contributed by atoms with van der Waals surface area (Å²) in [4.78, 5) is 24.4. The number of hydrogen-bond acceptors (Lipinski definition) is 5. The van der Waals surface area contributed by atoms with Gasteiger partial charge in [0.1, 0.15) is 4.90 Å². The maximum atomic E-state index is 13.0. The molecule has 0 atom stereocenters. The van der Waals surface area contributed by atoms with Gasteiger partial charge in [0.2, 0.25) is 0 Å². The molecular weight excluding hydrogens is 499 g/mol. The average Bonchev–Trinajstić information content (AvgIpc) is 2.77. The van der Waals surface area contributed by atoms with Crippen molar-refractivity contribution in [3.8, 4) is 0 Å². The number of hydrogen-bond donors (Lipinski definition) is 2. The van der Waals surface area contributed by atoms with Crippen LogP contribution in [-0.2, 0) is 14.8 Å². The Morgan fingerprint density at radius 2 is 1.59 bits per heavy atom. The van der Waals surface area contributed by atoms with Crippen molar-refractivity contribution in [3.63, 3.8) is 0 Å². The quantitative estimate of drug-likeness (QED) is 0.381. The second-order valence-electron chi connectivity index (χ2n) is 7.44. The number of carbonyl (C=O) groups is 2. The summed E-state index contributed by atoms with van der Waals surface area (Å²) in [6.45, 7) is 5.53. The summed E-state index contributed by atoms with van der Waals surface area (Å²) in [5, 5.41) is 2.69. The fourth-order valence-corrected chi connectivity index (χ4v) is 4.92. The molecule has 178 valence electrons. The van der Waals surface area contributed by atoms with E-state index in [1.807, 2.05) is 13.0 Å². The molecule has 0 bridgehead atoms. The molecule has 0 heterocycles. The molecule has 7 nitrogen and oxygen atoms in total. The molecular formula is C24H22Cl2N2O5S. The molecule has 10 heteroatoms. The van der Waals surface area contributed by atoms with Crippen LogP contribution in [0.3, 0.4) is 0 Å². The van der Waals surface area contributed by atoms with Gasteiger partial charge in [-0.15, -0.1) is 0 Å². The summed E-state index contributed by atoms with van der Waals surface area (Å²) in [6.07, 6.45) is 0. The predicted octanol–water partition coefficient (Wildman–Crippen LogP) is 5.84. The lowest BCUT2D eigenvalue weighted by Crippen LogP contribution is -2.17. The first-order valence-electron chi connectivity index (χ1n) is 10.2. The fourth-order valence-electron chi connectivity index (χ4n) is 3.05. The number of sulfonamides is 1. The molecule has 0 fully saturated rings. The number of rotatable bonds is 7. The number of aryl methyl sites for hydroxylation is 2. The smallest absolute Gasteiger partial charge is 0.338 e. The minimum atomic E-state index is -4.08. The van der Waals surface area contributed by atoms with Crippen LogP contribution in [0.1, 0.15) is 38.8 Å². The Kier molecular flexibility index (Phi) is 7.86.